The van der Waals surface area contributed by atoms with Crippen molar-refractivity contribution in [3.63, 3.8) is 0 Å². The molecule has 31 heavy (non-hydrogen) atoms. The third-order valence-corrected chi connectivity index (χ3v) is 6.23. The van der Waals surface area contributed by atoms with Crippen molar-refractivity contribution in [1.29, 1.82) is 0 Å². The highest BCUT2D eigenvalue weighted by atomic mass is 79.9. The second-order valence-corrected chi connectivity index (χ2v) is 9.92. The summed E-state index contributed by atoms with van der Waals surface area (Å²) in [7, 11) is -3.63. The maximum atomic E-state index is 12.2. The lowest BCUT2D eigenvalue weighted by Gasteiger charge is -2.24. The Morgan fingerprint density at radius 2 is 2.00 bits per heavy atom. The molecule has 7 nitrogen and oxygen atoms in total. The molecule has 0 radical (unpaired) electrons. The van der Waals surface area contributed by atoms with E-state index in [4.69, 9.17) is 4.74 Å². The number of sulfonamides is 1. The van der Waals surface area contributed by atoms with Crippen molar-refractivity contribution in [2.75, 3.05) is 23.8 Å². The van der Waals surface area contributed by atoms with Crippen molar-refractivity contribution in [2.45, 2.75) is 33.7 Å². The van der Waals surface area contributed by atoms with Gasteiger partial charge in [-0.25, -0.2) is 18.1 Å². The zero-order valence-electron chi connectivity index (χ0n) is 18.0. The number of amides is 1. The van der Waals surface area contributed by atoms with Gasteiger partial charge in [0.05, 0.1) is 11.3 Å². The van der Waals surface area contributed by atoms with Crippen LogP contribution in [0.2, 0.25) is 0 Å². The number of carbonyl (C=O) groups is 1. The monoisotopic (exact) mass is 509 g/mol. The SMILES string of the molecule is C=C(C)COc1ccc(Br)cc1CN(CC)c1ccc(C(=O)NS(=O)(=O)CCC)cn1. The summed E-state index contributed by atoms with van der Waals surface area (Å²) >= 11 is 3.50. The third-order valence-electron chi connectivity index (χ3n) is 4.29. The summed E-state index contributed by atoms with van der Waals surface area (Å²) in [6, 6.07) is 9.11. The largest absolute Gasteiger partial charge is 0.489 e. The molecule has 0 aliphatic rings. The Kier molecular flexibility index (Phi) is 9.06. The Hall–Kier alpha value is -2.39. The Bertz CT molecular complexity index is 1020. The highest BCUT2D eigenvalue weighted by Crippen LogP contribution is 2.26. The van der Waals surface area contributed by atoms with Gasteiger partial charge in [-0.1, -0.05) is 29.4 Å². The number of aromatic nitrogens is 1. The number of benzene rings is 1. The molecule has 2 rings (SSSR count). The number of hydrogen-bond acceptors (Lipinski definition) is 6. The molecule has 0 saturated heterocycles. The second kappa shape index (κ2) is 11.3. The lowest BCUT2D eigenvalue weighted by Crippen LogP contribution is -2.32. The minimum Gasteiger partial charge on any atom is -0.489 e. The predicted molar refractivity (Wildman–Crippen MR) is 127 cm³/mol. The lowest BCUT2D eigenvalue weighted by molar-refractivity contribution is 0.0981. The molecule has 1 heterocycles. The summed E-state index contributed by atoms with van der Waals surface area (Å²) in [5, 5.41) is 0. The van der Waals surface area contributed by atoms with Crippen LogP contribution in [-0.4, -0.2) is 38.2 Å². The van der Waals surface area contributed by atoms with E-state index in [1.54, 1.807) is 19.1 Å². The molecular weight excluding hydrogens is 482 g/mol. The highest BCUT2D eigenvalue weighted by Gasteiger charge is 2.17. The average Bonchev–Trinajstić information content (AvgIpc) is 2.71. The molecule has 0 aliphatic carbocycles. The van der Waals surface area contributed by atoms with Gasteiger partial charge >= 0.3 is 0 Å². The second-order valence-electron chi connectivity index (χ2n) is 7.17. The number of rotatable bonds is 11. The lowest BCUT2D eigenvalue weighted by atomic mass is 10.1. The molecule has 1 aromatic heterocycles. The zero-order chi connectivity index (χ0) is 23.0. The molecule has 1 amide bonds. The normalized spacial score (nSPS) is 11.1. The summed E-state index contributed by atoms with van der Waals surface area (Å²) in [6.07, 6.45) is 1.81. The fourth-order valence-corrected chi connectivity index (χ4v) is 4.25. The van der Waals surface area contributed by atoms with Crippen LogP contribution in [0, 0.1) is 0 Å². The maximum absolute atomic E-state index is 12.2. The fourth-order valence-electron chi connectivity index (χ4n) is 2.80. The van der Waals surface area contributed by atoms with Crippen LogP contribution in [0.1, 0.15) is 43.1 Å². The number of carbonyl (C=O) groups excluding carboxylic acids is 1. The number of nitrogens with zero attached hydrogens (tertiary/aromatic N) is 2. The van der Waals surface area contributed by atoms with Crippen molar-refractivity contribution in [1.82, 2.24) is 9.71 Å². The molecule has 0 unspecified atom stereocenters. The van der Waals surface area contributed by atoms with E-state index in [2.05, 4.69) is 32.2 Å². The first kappa shape index (κ1) is 24.9. The molecular formula is C22H28BrN3O4S. The van der Waals surface area contributed by atoms with Crippen LogP contribution < -0.4 is 14.4 Å². The molecule has 1 N–H and O–H groups in total. The van der Waals surface area contributed by atoms with E-state index in [-0.39, 0.29) is 11.3 Å². The van der Waals surface area contributed by atoms with Gasteiger partial charge in [-0.2, -0.15) is 0 Å². The highest BCUT2D eigenvalue weighted by molar-refractivity contribution is 9.10. The van der Waals surface area contributed by atoms with Gasteiger partial charge in [-0.3, -0.25) is 4.79 Å². The number of hydrogen-bond donors (Lipinski definition) is 1. The Morgan fingerprint density at radius 1 is 1.26 bits per heavy atom. The van der Waals surface area contributed by atoms with Crippen molar-refractivity contribution >= 4 is 37.7 Å². The fraction of sp³-hybridized carbons (Fsp3) is 0.364. The van der Waals surface area contributed by atoms with Crippen LogP contribution in [-0.2, 0) is 16.6 Å². The van der Waals surface area contributed by atoms with E-state index in [1.165, 1.54) is 6.20 Å². The maximum Gasteiger partial charge on any atom is 0.266 e. The number of pyridine rings is 1. The smallest absolute Gasteiger partial charge is 0.266 e. The van der Waals surface area contributed by atoms with Crippen LogP contribution >= 0.6 is 15.9 Å². The summed E-state index contributed by atoms with van der Waals surface area (Å²) in [4.78, 5) is 18.6. The number of nitrogens with one attached hydrogen (secondary N) is 1. The molecule has 0 fully saturated rings. The van der Waals surface area contributed by atoms with Gasteiger partial charge in [0.25, 0.3) is 5.91 Å². The van der Waals surface area contributed by atoms with Gasteiger partial charge in [0.2, 0.25) is 10.0 Å². The Balaban J connectivity index is 2.18. The van der Waals surface area contributed by atoms with Gasteiger partial charge in [0.1, 0.15) is 18.2 Å². The first-order valence-electron chi connectivity index (χ1n) is 9.96. The topological polar surface area (TPSA) is 88.6 Å². The third kappa shape index (κ3) is 7.66. The summed E-state index contributed by atoms with van der Waals surface area (Å²) in [5.41, 5.74) is 2.09. The van der Waals surface area contributed by atoms with E-state index in [0.29, 0.717) is 31.9 Å². The number of halogens is 1. The predicted octanol–water partition coefficient (Wildman–Crippen LogP) is 4.30. The van der Waals surface area contributed by atoms with E-state index in [1.807, 2.05) is 36.9 Å². The van der Waals surface area contributed by atoms with Crippen molar-refractivity contribution in [3.8, 4) is 5.75 Å². The van der Waals surface area contributed by atoms with Crippen LogP contribution in [0.5, 0.6) is 5.75 Å². The van der Waals surface area contributed by atoms with Crippen LogP contribution in [0.15, 0.2) is 53.2 Å². The molecule has 2 aromatic rings. The molecule has 0 bridgehead atoms. The quantitative estimate of drug-likeness (QED) is 0.454. The van der Waals surface area contributed by atoms with Gasteiger partial charge in [0, 0.05) is 29.3 Å². The van der Waals surface area contributed by atoms with Crippen molar-refractivity contribution < 1.29 is 17.9 Å². The first-order valence-corrected chi connectivity index (χ1v) is 12.4. The van der Waals surface area contributed by atoms with E-state index < -0.39 is 15.9 Å². The standard InChI is InChI=1S/C22H28BrN3O4S/c1-5-11-31(28,29)25-22(27)17-7-10-21(24-13-17)26(6-2)14-18-12-19(23)8-9-20(18)30-15-16(3)4/h7-10,12-13H,3,5-6,11,14-15H2,1-2,4H3,(H,25,27). The van der Waals surface area contributed by atoms with Gasteiger partial charge in [-0.15, -0.1) is 0 Å². The zero-order valence-corrected chi connectivity index (χ0v) is 20.4. The molecule has 168 valence electrons. The van der Waals surface area contributed by atoms with Crippen molar-refractivity contribution in [3.05, 3.63) is 64.3 Å². The first-order chi connectivity index (χ1) is 14.6. The van der Waals surface area contributed by atoms with Gasteiger partial charge in [-0.05, 0) is 56.2 Å². The van der Waals surface area contributed by atoms with Crippen LogP contribution in [0.3, 0.4) is 0 Å². The van der Waals surface area contributed by atoms with E-state index in [9.17, 15) is 13.2 Å². The molecule has 0 spiro atoms. The molecule has 0 saturated carbocycles. The van der Waals surface area contributed by atoms with Gasteiger partial charge in [0.15, 0.2) is 0 Å². The molecule has 0 aliphatic heterocycles. The summed E-state index contributed by atoms with van der Waals surface area (Å²) in [5.74, 6) is 0.650. The number of anilines is 1. The Labute approximate surface area is 192 Å². The van der Waals surface area contributed by atoms with Gasteiger partial charge < -0.3 is 9.64 Å². The van der Waals surface area contributed by atoms with Crippen LogP contribution in [0.4, 0.5) is 5.82 Å². The number of ether oxygens (including phenoxy) is 1. The van der Waals surface area contributed by atoms with Crippen molar-refractivity contribution in [2.24, 2.45) is 0 Å². The van der Waals surface area contributed by atoms with E-state index in [0.717, 1.165) is 21.4 Å². The minimum absolute atomic E-state index is 0.101. The molecule has 9 heteroatoms. The van der Waals surface area contributed by atoms with Crippen LogP contribution in [0.25, 0.3) is 0 Å². The summed E-state index contributed by atoms with van der Waals surface area (Å²) in [6.45, 7) is 11.2. The summed E-state index contributed by atoms with van der Waals surface area (Å²) < 4.78 is 32.5. The Morgan fingerprint density at radius 3 is 2.58 bits per heavy atom. The minimum atomic E-state index is -3.63. The average molecular weight is 510 g/mol. The molecule has 0 atom stereocenters. The molecule has 1 aromatic carbocycles. The van der Waals surface area contributed by atoms with E-state index >= 15 is 0 Å².